The van der Waals surface area contributed by atoms with Crippen molar-refractivity contribution in [1.29, 1.82) is 0 Å². The molecule has 0 aromatic heterocycles. The first-order valence-corrected chi connectivity index (χ1v) is 9.25. The van der Waals surface area contributed by atoms with Crippen LogP contribution in [0.4, 0.5) is 5.69 Å². The summed E-state index contributed by atoms with van der Waals surface area (Å²) in [5.41, 5.74) is 1.26. The molecule has 2 aromatic carbocycles. The van der Waals surface area contributed by atoms with Crippen LogP contribution in [-0.4, -0.2) is 29.8 Å². The van der Waals surface area contributed by atoms with Crippen LogP contribution in [0.2, 0.25) is 0 Å². The molecule has 4 nitrogen and oxygen atoms in total. The molecule has 1 heterocycles. The van der Waals surface area contributed by atoms with E-state index in [1.165, 1.54) is 6.42 Å². The normalized spacial score (nSPS) is 20.5. The van der Waals surface area contributed by atoms with Crippen LogP contribution in [-0.2, 0) is 4.79 Å². The molecule has 25 heavy (non-hydrogen) atoms. The predicted octanol–water partition coefficient (Wildman–Crippen LogP) is 4.06. The zero-order valence-electron chi connectivity index (χ0n) is 14.6. The third-order valence-electron chi connectivity index (χ3n) is 5.27. The molecular weight excluding hydrogens is 312 g/mol. The second-order valence-corrected chi connectivity index (χ2v) is 7.51. The van der Waals surface area contributed by atoms with Crippen molar-refractivity contribution in [3.8, 4) is 0 Å². The van der Waals surface area contributed by atoms with Crippen molar-refractivity contribution in [2.45, 2.75) is 32.6 Å². The van der Waals surface area contributed by atoms with Crippen molar-refractivity contribution in [1.82, 2.24) is 4.90 Å². The Labute approximate surface area is 148 Å². The van der Waals surface area contributed by atoms with Gasteiger partial charge in [-0.05, 0) is 54.5 Å². The number of hydrogen-bond donors (Lipinski definition) is 1. The largest absolute Gasteiger partial charge is 0.338 e. The molecular formula is C21H24N2O2. The van der Waals surface area contributed by atoms with E-state index in [-0.39, 0.29) is 17.7 Å². The number of benzene rings is 2. The number of piperidine rings is 1. The Morgan fingerprint density at radius 2 is 1.80 bits per heavy atom. The first kappa shape index (κ1) is 16.1. The van der Waals surface area contributed by atoms with Crippen molar-refractivity contribution in [3.05, 3.63) is 42.0 Å². The van der Waals surface area contributed by atoms with Crippen molar-refractivity contribution >= 4 is 28.3 Å². The molecule has 130 valence electrons. The number of amides is 2. The molecule has 2 aliphatic rings. The van der Waals surface area contributed by atoms with Crippen LogP contribution < -0.4 is 5.32 Å². The number of carbonyl (C=O) groups is 2. The van der Waals surface area contributed by atoms with E-state index >= 15 is 0 Å². The number of nitrogens with zero attached hydrogens (tertiary/aromatic N) is 1. The Bertz CT molecular complexity index is 826. The minimum atomic E-state index is 0.0309. The van der Waals surface area contributed by atoms with E-state index < -0.39 is 0 Å². The Kier molecular flexibility index (Phi) is 4.20. The van der Waals surface area contributed by atoms with Crippen LogP contribution >= 0.6 is 0 Å². The minimum absolute atomic E-state index is 0.0309. The van der Waals surface area contributed by atoms with Gasteiger partial charge in [-0.25, -0.2) is 0 Å². The van der Waals surface area contributed by atoms with Crippen LogP contribution in [0.1, 0.15) is 43.0 Å². The molecule has 2 fully saturated rings. The lowest BCUT2D eigenvalue weighted by Crippen LogP contribution is -2.39. The van der Waals surface area contributed by atoms with E-state index in [9.17, 15) is 9.59 Å². The number of fused-ring (bicyclic) bond motifs is 1. The summed E-state index contributed by atoms with van der Waals surface area (Å²) in [5, 5.41) is 5.08. The van der Waals surface area contributed by atoms with E-state index in [1.54, 1.807) is 0 Å². The van der Waals surface area contributed by atoms with Crippen LogP contribution in [0, 0.1) is 11.8 Å². The number of nitrogens with one attached hydrogen (secondary N) is 1. The van der Waals surface area contributed by atoms with Gasteiger partial charge in [0.1, 0.15) is 0 Å². The lowest BCUT2D eigenvalue weighted by Gasteiger charge is -2.31. The fourth-order valence-corrected chi connectivity index (χ4v) is 3.65. The van der Waals surface area contributed by atoms with Gasteiger partial charge < -0.3 is 10.2 Å². The van der Waals surface area contributed by atoms with Gasteiger partial charge in [-0.1, -0.05) is 31.2 Å². The summed E-state index contributed by atoms with van der Waals surface area (Å²) < 4.78 is 0. The molecule has 4 heteroatoms. The SMILES string of the molecule is CC1CCCN(C(=O)c2cc3ccccc3cc2NC(=O)C2CC2)C1. The molecule has 1 saturated heterocycles. The van der Waals surface area contributed by atoms with E-state index in [0.29, 0.717) is 17.2 Å². The second kappa shape index (κ2) is 6.51. The van der Waals surface area contributed by atoms with E-state index in [4.69, 9.17) is 0 Å². The second-order valence-electron chi connectivity index (χ2n) is 7.51. The number of rotatable bonds is 3. The molecule has 2 aromatic rings. The van der Waals surface area contributed by atoms with Gasteiger partial charge in [0.05, 0.1) is 11.3 Å². The molecule has 0 bridgehead atoms. The standard InChI is InChI=1S/C21H24N2O2/c1-14-5-4-10-23(13-14)21(25)18-11-16-6-2-3-7-17(16)12-19(18)22-20(24)15-8-9-15/h2-3,6-7,11-12,14-15H,4-5,8-10,13H2,1H3,(H,22,24). The summed E-state index contributed by atoms with van der Waals surface area (Å²) in [4.78, 5) is 27.4. The molecule has 1 aliphatic heterocycles. The molecule has 2 amide bonds. The molecule has 1 saturated carbocycles. The highest BCUT2D eigenvalue weighted by molar-refractivity contribution is 6.08. The summed E-state index contributed by atoms with van der Waals surface area (Å²) in [7, 11) is 0. The van der Waals surface area contributed by atoms with Crippen molar-refractivity contribution in [2.75, 3.05) is 18.4 Å². The third-order valence-corrected chi connectivity index (χ3v) is 5.27. The molecule has 1 aliphatic carbocycles. The fraction of sp³-hybridized carbons (Fsp3) is 0.429. The van der Waals surface area contributed by atoms with Crippen LogP contribution in [0.3, 0.4) is 0 Å². The number of likely N-dealkylation sites (tertiary alicyclic amines) is 1. The molecule has 0 spiro atoms. The Balaban J connectivity index is 1.71. The van der Waals surface area contributed by atoms with Gasteiger partial charge >= 0.3 is 0 Å². The van der Waals surface area contributed by atoms with Gasteiger partial charge in [-0.2, -0.15) is 0 Å². The number of carbonyl (C=O) groups excluding carboxylic acids is 2. The third kappa shape index (κ3) is 3.39. The first-order chi connectivity index (χ1) is 12.1. The summed E-state index contributed by atoms with van der Waals surface area (Å²) in [6, 6.07) is 11.8. The molecule has 1 N–H and O–H groups in total. The summed E-state index contributed by atoms with van der Waals surface area (Å²) in [6.07, 6.45) is 4.12. The van der Waals surface area contributed by atoms with Crippen molar-refractivity contribution in [2.24, 2.45) is 11.8 Å². The monoisotopic (exact) mass is 336 g/mol. The summed E-state index contributed by atoms with van der Waals surface area (Å²) in [5.74, 6) is 0.715. The lowest BCUT2D eigenvalue weighted by molar-refractivity contribution is -0.117. The highest BCUT2D eigenvalue weighted by atomic mass is 16.2. The van der Waals surface area contributed by atoms with Gasteiger partial charge in [0.2, 0.25) is 5.91 Å². The van der Waals surface area contributed by atoms with Crippen LogP contribution in [0.25, 0.3) is 10.8 Å². The van der Waals surface area contributed by atoms with Gasteiger partial charge in [0.15, 0.2) is 0 Å². The molecule has 1 atom stereocenters. The first-order valence-electron chi connectivity index (χ1n) is 9.25. The number of anilines is 1. The number of hydrogen-bond acceptors (Lipinski definition) is 2. The maximum atomic E-state index is 13.2. The quantitative estimate of drug-likeness (QED) is 0.919. The summed E-state index contributed by atoms with van der Waals surface area (Å²) in [6.45, 7) is 3.78. The lowest BCUT2D eigenvalue weighted by atomic mass is 9.98. The highest BCUT2D eigenvalue weighted by Crippen LogP contribution is 2.32. The van der Waals surface area contributed by atoms with Crippen LogP contribution in [0.15, 0.2) is 36.4 Å². The Hall–Kier alpha value is -2.36. The maximum Gasteiger partial charge on any atom is 0.255 e. The average Bonchev–Trinajstić information content (AvgIpc) is 3.46. The smallest absolute Gasteiger partial charge is 0.255 e. The summed E-state index contributed by atoms with van der Waals surface area (Å²) >= 11 is 0. The van der Waals surface area contributed by atoms with Gasteiger partial charge in [0.25, 0.3) is 5.91 Å². The van der Waals surface area contributed by atoms with Crippen molar-refractivity contribution in [3.63, 3.8) is 0 Å². The predicted molar refractivity (Wildman–Crippen MR) is 99.6 cm³/mol. The minimum Gasteiger partial charge on any atom is -0.338 e. The zero-order valence-corrected chi connectivity index (χ0v) is 14.6. The van der Waals surface area contributed by atoms with E-state index in [2.05, 4.69) is 12.2 Å². The molecule has 0 radical (unpaired) electrons. The zero-order chi connectivity index (χ0) is 17.4. The Morgan fingerprint density at radius 1 is 1.08 bits per heavy atom. The Morgan fingerprint density at radius 3 is 2.48 bits per heavy atom. The van der Waals surface area contributed by atoms with Crippen molar-refractivity contribution < 1.29 is 9.59 Å². The average molecular weight is 336 g/mol. The molecule has 4 rings (SSSR count). The van der Waals surface area contributed by atoms with E-state index in [0.717, 1.165) is 43.1 Å². The topological polar surface area (TPSA) is 49.4 Å². The highest BCUT2D eigenvalue weighted by Gasteiger charge is 2.31. The fourth-order valence-electron chi connectivity index (χ4n) is 3.65. The molecule has 1 unspecified atom stereocenters. The van der Waals surface area contributed by atoms with Gasteiger partial charge in [0, 0.05) is 19.0 Å². The maximum absolute atomic E-state index is 13.2. The van der Waals surface area contributed by atoms with Gasteiger partial charge in [-0.3, -0.25) is 9.59 Å². The van der Waals surface area contributed by atoms with Gasteiger partial charge in [-0.15, -0.1) is 0 Å². The van der Waals surface area contributed by atoms with Crippen LogP contribution in [0.5, 0.6) is 0 Å². The van der Waals surface area contributed by atoms with E-state index in [1.807, 2.05) is 41.3 Å².